The van der Waals surface area contributed by atoms with Crippen molar-refractivity contribution in [1.29, 1.82) is 0 Å². The number of likely N-dealkylation sites (tertiary alicyclic amines) is 1. The van der Waals surface area contributed by atoms with Gasteiger partial charge in [0.25, 0.3) is 0 Å². The van der Waals surface area contributed by atoms with Crippen LogP contribution < -0.4 is 10.6 Å². The number of hydrogen-bond donors (Lipinski definition) is 2. The molecule has 29 heavy (non-hydrogen) atoms. The predicted octanol–water partition coefficient (Wildman–Crippen LogP) is 2.31. The predicted molar refractivity (Wildman–Crippen MR) is 130 cm³/mol. The Morgan fingerprint density at radius 1 is 1.24 bits per heavy atom. The van der Waals surface area contributed by atoms with Gasteiger partial charge >= 0.3 is 0 Å². The molecule has 7 nitrogen and oxygen atoms in total. The van der Waals surface area contributed by atoms with Gasteiger partial charge in [0, 0.05) is 51.8 Å². The molecule has 0 spiro atoms. The third-order valence-electron chi connectivity index (χ3n) is 5.82. The first-order chi connectivity index (χ1) is 13.5. The van der Waals surface area contributed by atoms with Crippen molar-refractivity contribution >= 4 is 35.8 Å². The van der Waals surface area contributed by atoms with Crippen molar-refractivity contribution in [3.63, 3.8) is 0 Å². The van der Waals surface area contributed by atoms with Crippen molar-refractivity contribution < 1.29 is 9.53 Å². The van der Waals surface area contributed by atoms with E-state index in [0.29, 0.717) is 12.5 Å². The van der Waals surface area contributed by atoms with E-state index in [4.69, 9.17) is 4.74 Å². The zero-order valence-electron chi connectivity index (χ0n) is 18.8. The normalized spacial score (nSPS) is 21.8. The van der Waals surface area contributed by atoms with Gasteiger partial charge in [-0.2, -0.15) is 0 Å². The van der Waals surface area contributed by atoms with Crippen LogP contribution in [0.15, 0.2) is 4.99 Å². The highest BCUT2D eigenvalue weighted by atomic mass is 127. The molecule has 2 rings (SSSR count). The van der Waals surface area contributed by atoms with Crippen LogP contribution in [0.4, 0.5) is 0 Å². The second-order valence-electron chi connectivity index (χ2n) is 8.37. The van der Waals surface area contributed by atoms with Crippen molar-refractivity contribution in [3.8, 4) is 0 Å². The topological polar surface area (TPSA) is 69.2 Å². The molecule has 2 unspecified atom stereocenters. The third-order valence-corrected chi connectivity index (χ3v) is 5.82. The van der Waals surface area contributed by atoms with Crippen molar-refractivity contribution in [2.45, 2.75) is 64.0 Å². The quantitative estimate of drug-likeness (QED) is 0.276. The maximum atomic E-state index is 12.7. The fraction of sp³-hybridized carbons (Fsp3) is 0.905. The van der Waals surface area contributed by atoms with E-state index in [-0.39, 0.29) is 42.0 Å². The number of carbonyl (C=O) groups excluding carboxylic acids is 1. The Morgan fingerprint density at radius 2 is 1.97 bits per heavy atom. The van der Waals surface area contributed by atoms with Crippen LogP contribution in [0.3, 0.4) is 0 Å². The van der Waals surface area contributed by atoms with Crippen molar-refractivity contribution in [2.75, 3.05) is 53.9 Å². The van der Waals surface area contributed by atoms with Crippen molar-refractivity contribution in [3.05, 3.63) is 0 Å². The number of nitrogens with one attached hydrogen (secondary N) is 2. The van der Waals surface area contributed by atoms with E-state index in [1.807, 2.05) is 6.92 Å². The number of amides is 1. The van der Waals surface area contributed by atoms with E-state index in [0.717, 1.165) is 57.8 Å². The number of hydrogen-bond acceptors (Lipinski definition) is 4. The molecular weight excluding hydrogens is 481 g/mol. The van der Waals surface area contributed by atoms with E-state index in [2.05, 4.69) is 39.5 Å². The van der Waals surface area contributed by atoms with Gasteiger partial charge in [-0.05, 0) is 46.7 Å². The van der Waals surface area contributed by atoms with Gasteiger partial charge in [-0.25, -0.2) is 0 Å². The van der Waals surface area contributed by atoms with E-state index >= 15 is 0 Å². The number of rotatable bonds is 9. The summed E-state index contributed by atoms with van der Waals surface area (Å²) in [5, 5.41) is 6.90. The van der Waals surface area contributed by atoms with E-state index in [1.165, 1.54) is 19.3 Å². The van der Waals surface area contributed by atoms with Crippen molar-refractivity contribution in [2.24, 2.45) is 10.9 Å². The van der Waals surface area contributed by atoms with Crippen LogP contribution in [0.25, 0.3) is 0 Å². The second-order valence-corrected chi connectivity index (χ2v) is 8.37. The molecule has 1 aliphatic heterocycles. The summed E-state index contributed by atoms with van der Waals surface area (Å²) in [6.45, 7) is 6.12. The lowest BCUT2D eigenvalue weighted by Crippen LogP contribution is -2.47. The Labute approximate surface area is 194 Å². The van der Waals surface area contributed by atoms with Crippen LogP contribution >= 0.6 is 24.0 Å². The highest BCUT2D eigenvalue weighted by Crippen LogP contribution is 2.26. The Bertz CT molecular complexity index is 497. The van der Waals surface area contributed by atoms with Gasteiger partial charge in [-0.15, -0.1) is 24.0 Å². The Hall–Kier alpha value is -0.610. The van der Waals surface area contributed by atoms with E-state index in [1.54, 1.807) is 7.05 Å². The highest BCUT2D eigenvalue weighted by molar-refractivity contribution is 14.0. The molecule has 0 radical (unpaired) electrons. The maximum absolute atomic E-state index is 12.7. The summed E-state index contributed by atoms with van der Waals surface area (Å²) < 4.78 is 5.85. The van der Waals surface area contributed by atoms with Crippen molar-refractivity contribution in [1.82, 2.24) is 20.4 Å². The average molecular weight is 524 g/mol. The monoisotopic (exact) mass is 523 g/mol. The molecule has 2 N–H and O–H groups in total. The molecule has 0 aromatic heterocycles. The summed E-state index contributed by atoms with van der Waals surface area (Å²) in [4.78, 5) is 21.3. The van der Waals surface area contributed by atoms with Crippen LogP contribution in [0, 0.1) is 5.92 Å². The standard InChI is InChI=1S/C21H41N5O2.HI/c1-5-28-19(12-13-25(3)4)15-23-21(22-2)24-18-11-14-26(16-18)20(27)17-9-7-6-8-10-17;/h17-19H,5-16H2,1-4H3,(H2,22,23,24);1H. The number of halogens is 1. The number of ether oxygens (including phenoxy) is 1. The second kappa shape index (κ2) is 14.4. The molecule has 0 aromatic rings. The number of guanidine groups is 1. The molecule has 1 saturated heterocycles. The number of carbonyl (C=O) groups is 1. The Kier molecular flexibility index (Phi) is 13.1. The third kappa shape index (κ3) is 9.38. The van der Waals surface area contributed by atoms with Crippen LogP contribution in [-0.2, 0) is 9.53 Å². The van der Waals surface area contributed by atoms with Gasteiger partial charge in [0.05, 0.1) is 6.10 Å². The summed E-state index contributed by atoms with van der Waals surface area (Å²) in [5.74, 6) is 1.42. The van der Waals surface area contributed by atoms with Crippen LogP contribution in [0.1, 0.15) is 51.9 Å². The molecule has 8 heteroatoms. The largest absolute Gasteiger partial charge is 0.377 e. The van der Waals surface area contributed by atoms with Crippen LogP contribution in [-0.4, -0.2) is 87.7 Å². The minimum absolute atomic E-state index is 0. The zero-order valence-corrected chi connectivity index (χ0v) is 21.1. The number of aliphatic imine (C=N–C) groups is 1. The molecule has 0 aromatic carbocycles. The molecule has 170 valence electrons. The molecular formula is C21H42IN5O2. The van der Waals surface area contributed by atoms with E-state index < -0.39 is 0 Å². The van der Waals surface area contributed by atoms with Gasteiger partial charge in [0.15, 0.2) is 5.96 Å². The first-order valence-corrected chi connectivity index (χ1v) is 11.1. The SMILES string of the molecule is CCOC(CCN(C)C)CNC(=NC)NC1CCN(C(=O)C2CCCCC2)C1.I. The summed E-state index contributed by atoms with van der Waals surface area (Å²) >= 11 is 0. The average Bonchev–Trinajstić information content (AvgIpc) is 3.17. The lowest BCUT2D eigenvalue weighted by atomic mass is 9.88. The molecule has 1 saturated carbocycles. The highest BCUT2D eigenvalue weighted by Gasteiger charge is 2.31. The molecule has 0 bridgehead atoms. The first-order valence-electron chi connectivity index (χ1n) is 11.1. The maximum Gasteiger partial charge on any atom is 0.225 e. The molecule has 1 heterocycles. The van der Waals surface area contributed by atoms with Crippen LogP contribution in [0.5, 0.6) is 0 Å². The van der Waals surface area contributed by atoms with Gasteiger partial charge in [0.1, 0.15) is 0 Å². The number of nitrogens with zero attached hydrogens (tertiary/aromatic N) is 3. The molecule has 2 fully saturated rings. The molecule has 2 atom stereocenters. The van der Waals surface area contributed by atoms with Gasteiger partial charge in [-0.1, -0.05) is 19.3 Å². The molecule has 2 aliphatic rings. The minimum atomic E-state index is 0. The van der Waals surface area contributed by atoms with Gasteiger partial charge in [-0.3, -0.25) is 9.79 Å². The minimum Gasteiger partial charge on any atom is -0.377 e. The smallest absolute Gasteiger partial charge is 0.225 e. The first kappa shape index (κ1) is 26.4. The van der Waals surface area contributed by atoms with Crippen LogP contribution in [0.2, 0.25) is 0 Å². The summed E-state index contributed by atoms with van der Waals surface area (Å²) in [7, 11) is 5.96. The molecule has 1 amide bonds. The molecule has 1 aliphatic carbocycles. The zero-order chi connectivity index (χ0) is 20.4. The lowest BCUT2D eigenvalue weighted by molar-refractivity contribution is -0.135. The van der Waals surface area contributed by atoms with Gasteiger partial charge in [0.2, 0.25) is 5.91 Å². The lowest BCUT2D eigenvalue weighted by Gasteiger charge is -2.26. The van der Waals surface area contributed by atoms with Gasteiger partial charge < -0.3 is 25.2 Å². The Morgan fingerprint density at radius 3 is 2.59 bits per heavy atom. The summed E-state index contributed by atoms with van der Waals surface area (Å²) in [5.41, 5.74) is 0. The summed E-state index contributed by atoms with van der Waals surface area (Å²) in [6, 6.07) is 0.269. The fourth-order valence-electron chi connectivity index (χ4n) is 4.17. The van der Waals surface area contributed by atoms with E-state index in [9.17, 15) is 4.79 Å². The fourth-order valence-corrected chi connectivity index (χ4v) is 4.17. The Balaban J connectivity index is 0.00000420. The summed E-state index contributed by atoms with van der Waals surface area (Å²) in [6.07, 6.45) is 7.97.